The van der Waals surface area contributed by atoms with Crippen LogP contribution in [0.4, 0.5) is 0 Å². The van der Waals surface area contributed by atoms with Gasteiger partial charge in [0.05, 0.1) is 17.5 Å². The molecule has 68 valence electrons. The van der Waals surface area contributed by atoms with E-state index >= 15 is 0 Å². The third-order valence-corrected chi connectivity index (χ3v) is 2.67. The molecule has 0 aliphatic rings. The van der Waals surface area contributed by atoms with Crippen molar-refractivity contribution in [3.63, 3.8) is 0 Å². The number of rotatable bonds is 1. The molecule has 0 radical (unpaired) electrons. The van der Waals surface area contributed by atoms with Crippen LogP contribution in [0.1, 0.15) is 0 Å². The first kappa shape index (κ1) is 8.84. The zero-order valence-electron chi connectivity index (χ0n) is 6.77. The highest BCUT2D eigenvalue weighted by Crippen LogP contribution is 2.34. The summed E-state index contributed by atoms with van der Waals surface area (Å²) >= 11 is 9.28. The quantitative estimate of drug-likeness (QED) is 0.857. The summed E-state index contributed by atoms with van der Waals surface area (Å²) < 4.78 is 5.95. The van der Waals surface area contributed by atoms with Crippen molar-refractivity contribution < 1.29 is 4.74 Å². The second kappa shape index (κ2) is 3.20. The smallest absolute Gasteiger partial charge is 0.131 e. The Hall–Kier alpha value is -0.740. The van der Waals surface area contributed by atoms with E-state index in [1.807, 2.05) is 6.07 Å². The number of fused-ring (bicyclic) bond motifs is 1. The van der Waals surface area contributed by atoms with Gasteiger partial charge < -0.3 is 4.74 Å². The Kier molecular flexibility index (Phi) is 2.17. The molecule has 3 nitrogen and oxygen atoms in total. The maximum atomic E-state index is 5.94. The van der Waals surface area contributed by atoms with E-state index in [1.54, 1.807) is 13.2 Å². The first-order valence-electron chi connectivity index (χ1n) is 3.60. The highest BCUT2D eigenvalue weighted by Gasteiger charge is 2.11. The van der Waals surface area contributed by atoms with Gasteiger partial charge in [-0.15, -0.1) is 0 Å². The topological polar surface area (TPSA) is 37.9 Å². The predicted octanol–water partition coefficient (Wildman–Crippen LogP) is 2.99. The molecule has 0 spiro atoms. The number of benzene rings is 1. The molecule has 0 unspecified atom stereocenters. The normalized spacial score (nSPS) is 10.7. The summed E-state index contributed by atoms with van der Waals surface area (Å²) in [6.45, 7) is 0. The summed E-state index contributed by atoms with van der Waals surface area (Å²) in [5.74, 6) is 0.750. The number of nitrogens with zero attached hydrogens (tertiary/aromatic N) is 1. The van der Waals surface area contributed by atoms with E-state index in [9.17, 15) is 0 Å². The Morgan fingerprint density at radius 3 is 3.00 bits per heavy atom. The Bertz CT molecular complexity index is 455. The number of aromatic amines is 1. The van der Waals surface area contributed by atoms with Crippen molar-refractivity contribution >= 4 is 38.4 Å². The van der Waals surface area contributed by atoms with Crippen molar-refractivity contribution in [3.05, 3.63) is 21.8 Å². The fraction of sp³-hybridized carbons (Fsp3) is 0.125. The number of aromatic nitrogens is 2. The van der Waals surface area contributed by atoms with E-state index in [0.29, 0.717) is 10.5 Å². The van der Waals surface area contributed by atoms with Crippen LogP contribution in [-0.4, -0.2) is 17.3 Å². The molecule has 0 saturated heterocycles. The highest BCUT2D eigenvalue weighted by molar-refractivity contribution is 9.10. The number of ether oxygens (including phenoxy) is 1. The molecular formula is C8H6BrClN2O. The van der Waals surface area contributed by atoms with Crippen LogP contribution in [-0.2, 0) is 0 Å². The molecule has 1 N–H and O–H groups in total. The van der Waals surface area contributed by atoms with Crippen LogP contribution in [0, 0.1) is 0 Å². The van der Waals surface area contributed by atoms with Crippen molar-refractivity contribution in [1.82, 2.24) is 10.2 Å². The van der Waals surface area contributed by atoms with E-state index < -0.39 is 0 Å². The maximum Gasteiger partial charge on any atom is 0.131 e. The molecule has 0 amide bonds. The van der Waals surface area contributed by atoms with Crippen LogP contribution >= 0.6 is 27.5 Å². The average Bonchev–Trinajstić information content (AvgIpc) is 2.51. The average molecular weight is 262 g/mol. The van der Waals surface area contributed by atoms with E-state index in [-0.39, 0.29) is 0 Å². The highest BCUT2D eigenvalue weighted by atomic mass is 79.9. The van der Waals surface area contributed by atoms with Crippen LogP contribution in [0.3, 0.4) is 0 Å². The largest absolute Gasteiger partial charge is 0.496 e. The van der Waals surface area contributed by atoms with Crippen molar-refractivity contribution in [3.8, 4) is 5.75 Å². The predicted molar refractivity (Wildman–Crippen MR) is 55.4 cm³/mol. The standard InChI is InChI=1S/C8H6BrClN2O/c1-13-5-3-2-4(10)7-6(5)8(9)12-11-7/h2-3H,1H3,(H,11,12). The SMILES string of the molecule is COc1ccc(Cl)c2n[nH]c(Br)c12. The number of nitrogens with one attached hydrogen (secondary N) is 1. The van der Waals surface area contributed by atoms with Crippen LogP contribution < -0.4 is 4.74 Å². The van der Waals surface area contributed by atoms with Gasteiger partial charge in [-0.2, -0.15) is 5.10 Å². The lowest BCUT2D eigenvalue weighted by Crippen LogP contribution is -1.83. The number of hydrogen-bond donors (Lipinski definition) is 1. The molecule has 0 aliphatic heterocycles. The fourth-order valence-corrected chi connectivity index (χ4v) is 1.87. The van der Waals surface area contributed by atoms with Gasteiger partial charge in [-0.3, -0.25) is 5.10 Å². The summed E-state index contributed by atoms with van der Waals surface area (Å²) in [6, 6.07) is 3.57. The van der Waals surface area contributed by atoms with Crippen LogP contribution in [0.15, 0.2) is 16.7 Å². The van der Waals surface area contributed by atoms with E-state index in [4.69, 9.17) is 16.3 Å². The molecule has 0 fully saturated rings. The van der Waals surface area contributed by atoms with E-state index in [1.165, 1.54) is 0 Å². The summed E-state index contributed by atoms with van der Waals surface area (Å²) in [5.41, 5.74) is 0.716. The van der Waals surface area contributed by atoms with Gasteiger partial charge in [0.25, 0.3) is 0 Å². The lowest BCUT2D eigenvalue weighted by molar-refractivity contribution is 0.419. The second-order valence-corrected chi connectivity index (χ2v) is 3.71. The monoisotopic (exact) mass is 260 g/mol. The molecule has 13 heavy (non-hydrogen) atoms. The van der Waals surface area contributed by atoms with Gasteiger partial charge in [-0.25, -0.2) is 0 Å². The van der Waals surface area contributed by atoms with Gasteiger partial charge >= 0.3 is 0 Å². The minimum absolute atomic E-state index is 0.609. The van der Waals surface area contributed by atoms with E-state index in [2.05, 4.69) is 26.1 Å². The minimum atomic E-state index is 0.609. The molecule has 0 saturated carbocycles. The van der Waals surface area contributed by atoms with Gasteiger partial charge in [0.15, 0.2) is 0 Å². The molecule has 2 rings (SSSR count). The number of methoxy groups -OCH3 is 1. The molecule has 0 atom stereocenters. The Balaban J connectivity index is 2.88. The van der Waals surface area contributed by atoms with Crippen LogP contribution in [0.2, 0.25) is 5.02 Å². The van der Waals surface area contributed by atoms with Crippen LogP contribution in [0.25, 0.3) is 10.9 Å². The zero-order chi connectivity index (χ0) is 9.42. The minimum Gasteiger partial charge on any atom is -0.496 e. The lowest BCUT2D eigenvalue weighted by Gasteiger charge is -2.01. The molecule has 1 heterocycles. The van der Waals surface area contributed by atoms with Gasteiger partial charge in [0, 0.05) is 0 Å². The first-order chi connectivity index (χ1) is 6.24. The van der Waals surface area contributed by atoms with Crippen molar-refractivity contribution in [1.29, 1.82) is 0 Å². The van der Waals surface area contributed by atoms with Crippen molar-refractivity contribution in [2.75, 3.05) is 7.11 Å². The van der Waals surface area contributed by atoms with Gasteiger partial charge in [-0.05, 0) is 28.1 Å². The molecule has 2 aromatic rings. The fourth-order valence-electron chi connectivity index (χ4n) is 1.20. The Morgan fingerprint density at radius 1 is 1.54 bits per heavy atom. The Labute approximate surface area is 88.2 Å². The summed E-state index contributed by atoms with van der Waals surface area (Å²) in [5, 5.41) is 8.32. The first-order valence-corrected chi connectivity index (χ1v) is 4.77. The van der Waals surface area contributed by atoms with Crippen molar-refractivity contribution in [2.45, 2.75) is 0 Å². The summed E-state index contributed by atoms with van der Waals surface area (Å²) in [7, 11) is 1.61. The lowest BCUT2D eigenvalue weighted by atomic mass is 10.2. The van der Waals surface area contributed by atoms with Crippen molar-refractivity contribution in [2.24, 2.45) is 0 Å². The molecule has 0 aliphatic carbocycles. The molecule has 5 heteroatoms. The second-order valence-electron chi connectivity index (χ2n) is 2.51. The maximum absolute atomic E-state index is 5.94. The Morgan fingerprint density at radius 2 is 2.31 bits per heavy atom. The van der Waals surface area contributed by atoms with E-state index in [0.717, 1.165) is 15.7 Å². The molecular weight excluding hydrogens is 255 g/mol. The van der Waals surface area contributed by atoms with Gasteiger partial charge in [-0.1, -0.05) is 11.6 Å². The summed E-state index contributed by atoms with van der Waals surface area (Å²) in [4.78, 5) is 0. The van der Waals surface area contributed by atoms with Gasteiger partial charge in [0.1, 0.15) is 15.9 Å². The summed E-state index contributed by atoms with van der Waals surface area (Å²) in [6.07, 6.45) is 0. The zero-order valence-corrected chi connectivity index (χ0v) is 9.11. The number of hydrogen-bond acceptors (Lipinski definition) is 2. The van der Waals surface area contributed by atoms with Crippen LogP contribution in [0.5, 0.6) is 5.75 Å². The molecule has 1 aromatic carbocycles. The van der Waals surface area contributed by atoms with Gasteiger partial charge in [0.2, 0.25) is 0 Å². The third-order valence-electron chi connectivity index (χ3n) is 1.80. The molecule has 0 bridgehead atoms. The number of H-pyrrole nitrogens is 1. The third kappa shape index (κ3) is 1.30. The number of halogens is 2. The molecule has 1 aromatic heterocycles.